The average molecular weight is 251 g/mol. The van der Waals surface area contributed by atoms with Crippen molar-refractivity contribution in [2.75, 3.05) is 13.2 Å². The molecule has 3 atom stereocenters. The maximum atomic E-state index is 5.85. The normalized spacial score (nSPS) is 32.8. The van der Waals surface area contributed by atoms with Gasteiger partial charge < -0.3 is 15.0 Å². The Morgan fingerprint density at radius 1 is 1.17 bits per heavy atom. The van der Waals surface area contributed by atoms with Crippen molar-refractivity contribution >= 4 is 0 Å². The van der Waals surface area contributed by atoms with E-state index in [0.717, 1.165) is 37.6 Å². The van der Waals surface area contributed by atoms with Gasteiger partial charge in [-0.05, 0) is 38.1 Å². The number of aromatic nitrogens is 2. The van der Waals surface area contributed by atoms with Crippen LogP contribution < -0.4 is 5.73 Å². The van der Waals surface area contributed by atoms with Crippen molar-refractivity contribution in [3.8, 4) is 0 Å². The first-order valence-corrected chi connectivity index (χ1v) is 7.03. The van der Waals surface area contributed by atoms with E-state index < -0.39 is 0 Å². The molecule has 2 fully saturated rings. The van der Waals surface area contributed by atoms with Crippen LogP contribution >= 0.6 is 0 Å². The molecular weight excluding hydrogens is 230 g/mol. The van der Waals surface area contributed by atoms with Crippen LogP contribution in [-0.4, -0.2) is 23.3 Å². The molecule has 1 aromatic heterocycles. The highest BCUT2D eigenvalue weighted by Gasteiger charge is 2.31. The Morgan fingerprint density at radius 3 is 2.83 bits per heavy atom. The van der Waals surface area contributed by atoms with Crippen LogP contribution in [0.15, 0.2) is 4.52 Å². The summed E-state index contributed by atoms with van der Waals surface area (Å²) in [6.07, 6.45) is 6.94. The van der Waals surface area contributed by atoms with Crippen molar-refractivity contribution in [1.29, 1.82) is 0 Å². The Kier molecular flexibility index (Phi) is 3.61. The maximum absolute atomic E-state index is 5.85. The summed E-state index contributed by atoms with van der Waals surface area (Å²) in [4.78, 5) is 4.56. The predicted octanol–water partition coefficient (Wildman–Crippen LogP) is 2.15. The highest BCUT2D eigenvalue weighted by molar-refractivity contribution is 5.01. The van der Waals surface area contributed by atoms with E-state index in [9.17, 15) is 0 Å². The molecule has 1 aliphatic carbocycles. The third kappa shape index (κ3) is 2.29. The molecule has 100 valence electrons. The predicted molar refractivity (Wildman–Crippen MR) is 66.0 cm³/mol. The lowest BCUT2D eigenvalue weighted by Crippen LogP contribution is -2.25. The maximum Gasteiger partial charge on any atom is 0.230 e. The molecular formula is C13H21N3O2. The first-order valence-electron chi connectivity index (χ1n) is 7.03. The lowest BCUT2D eigenvalue weighted by Gasteiger charge is -2.27. The van der Waals surface area contributed by atoms with Crippen molar-refractivity contribution in [3.63, 3.8) is 0 Å². The number of hydrogen-bond donors (Lipinski definition) is 1. The van der Waals surface area contributed by atoms with Gasteiger partial charge in [-0.1, -0.05) is 18.0 Å². The van der Waals surface area contributed by atoms with Crippen LogP contribution in [0.25, 0.3) is 0 Å². The molecule has 5 heteroatoms. The fourth-order valence-electron chi connectivity index (χ4n) is 3.12. The first-order chi connectivity index (χ1) is 8.88. The Bertz CT molecular complexity index is 387. The molecule has 0 bridgehead atoms. The Hall–Kier alpha value is -0.940. The summed E-state index contributed by atoms with van der Waals surface area (Å²) in [7, 11) is 0. The largest absolute Gasteiger partial charge is 0.370 e. The lowest BCUT2D eigenvalue weighted by atomic mass is 9.79. The van der Waals surface area contributed by atoms with Crippen LogP contribution in [0, 0.1) is 5.92 Å². The summed E-state index contributed by atoms with van der Waals surface area (Å²) in [6.45, 7) is 1.52. The summed E-state index contributed by atoms with van der Waals surface area (Å²) >= 11 is 0. The fraction of sp³-hybridized carbons (Fsp3) is 0.846. The molecule has 3 rings (SSSR count). The van der Waals surface area contributed by atoms with Gasteiger partial charge in [0.1, 0.15) is 6.10 Å². The van der Waals surface area contributed by atoms with Gasteiger partial charge in [-0.25, -0.2) is 0 Å². The molecule has 5 nitrogen and oxygen atoms in total. The van der Waals surface area contributed by atoms with Crippen molar-refractivity contribution in [3.05, 3.63) is 11.7 Å². The smallest absolute Gasteiger partial charge is 0.230 e. The third-order valence-electron chi connectivity index (χ3n) is 4.20. The van der Waals surface area contributed by atoms with E-state index in [4.69, 9.17) is 15.0 Å². The van der Waals surface area contributed by atoms with Crippen LogP contribution in [0.1, 0.15) is 62.3 Å². The van der Waals surface area contributed by atoms with E-state index in [-0.39, 0.29) is 6.10 Å². The molecule has 3 unspecified atom stereocenters. The van der Waals surface area contributed by atoms with Gasteiger partial charge in [0.25, 0.3) is 0 Å². The second-order valence-electron chi connectivity index (χ2n) is 5.38. The number of rotatable bonds is 3. The number of ether oxygens (including phenoxy) is 1. The van der Waals surface area contributed by atoms with E-state index in [0.29, 0.717) is 18.4 Å². The van der Waals surface area contributed by atoms with Crippen LogP contribution in [-0.2, 0) is 4.74 Å². The van der Waals surface area contributed by atoms with Gasteiger partial charge in [0, 0.05) is 12.5 Å². The topological polar surface area (TPSA) is 74.2 Å². The summed E-state index contributed by atoms with van der Waals surface area (Å²) < 4.78 is 11.0. The molecule has 0 amide bonds. The Balaban J connectivity index is 1.74. The van der Waals surface area contributed by atoms with Gasteiger partial charge in [-0.15, -0.1) is 0 Å². The monoisotopic (exact) mass is 251 g/mol. The number of nitrogens with two attached hydrogens (primary N) is 1. The highest BCUT2D eigenvalue weighted by Crippen LogP contribution is 2.37. The van der Waals surface area contributed by atoms with E-state index in [2.05, 4.69) is 10.1 Å². The molecule has 2 aliphatic rings. The van der Waals surface area contributed by atoms with Crippen LogP contribution in [0.5, 0.6) is 0 Å². The SMILES string of the molecule is NCC1CCCCC1c1nc(C2CCCO2)no1. The van der Waals surface area contributed by atoms with E-state index in [1.165, 1.54) is 19.3 Å². The van der Waals surface area contributed by atoms with Gasteiger partial charge >= 0.3 is 0 Å². The van der Waals surface area contributed by atoms with Gasteiger partial charge in [0.2, 0.25) is 11.7 Å². The molecule has 0 aromatic carbocycles. The van der Waals surface area contributed by atoms with Gasteiger partial charge in [0.05, 0.1) is 0 Å². The molecule has 1 saturated heterocycles. The summed E-state index contributed by atoms with van der Waals surface area (Å²) in [5.74, 6) is 2.35. The van der Waals surface area contributed by atoms with Gasteiger partial charge in [0.15, 0.2) is 0 Å². The van der Waals surface area contributed by atoms with E-state index >= 15 is 0 Å². The van der Waals surface area contributed by atoms with Crippen molar-refractivity contribution < 1.29 is 9.26 Å². The summed E-state index contributed by atoms with van der Waals surface area (Å²) in [5.41, 5.74) is 5.85. The van der Waals surface area contributed by atoms with Crippen molar-refractivity contribution in [2.45, 2.75) is 50.5 Å². The number of nitrogens with zero attached hydrogens (tertiary/aromatic N) is 2. The van der Waals surface area contributed by atoms with Crippen LogP contribution in [0.4, 0.5) is 0 Å². The van der Waals surface area contributed by atoms with Crippen molar-refractivity contribution in [2.24, 2.45) is 11.7 Å². The quantitative estimate of drug-likeness (QED) is 0.891. The van der Waals surface area contributed by atoms with Gasteiger partial charge in [-0.3, -0.25) is 0 Å². The van der Waals surface area contributed by atoms with Gasteiger partial charge in [-0.2, -0.15) is 4.98 Å². The molecule has 1 aromatic rings. The zero-order valence-electron chi connectivity index (χ0n) is 10.7. The van der Waals surface area contributed by atoms with E-state index in [1.54, 1.807) is 0 Å². The zero-order chi connectivity index (χ0) is 12.4. The second-order valence-corrected chi connectivity index (χ2v) is 5.38. The molecule has 0 spiro atoms. The Labute approximate surface area is 107 Å². The highest BCUT2D eigenvalue weighted by atomic mass is 16.5. The molecule has 18 heavy (non-hydrogen) atoms. The molecule has 1 aliphatic heterocycles. The minimum atomic E-state index is 0.0439. The minimum absolute atomic E-state index is 0.0439. The molecule has 0 radical (unpaired) electrons. The summed E-state index contributed by atoms with van der Waals surface area (Å²) in [6, 6.07) is 0. The van der Waals surface area contributed by atoms with Crippen molar-refractivity contribution in [1.82, 2.24) is 10.1 Å². The zero-order valence-corrected chi connectivity index (χ0v) is 10.7. The molecule has 1 saturated carbocycles. The second kappa shape index (κ2) is 5.36. The fourth-order valence-corrected chi connectivity index (χ4v) is 3.12. The third-order valence-corrected chi connectivity index (χ3v) is 4.20. The van der Waals surface area contributed by atoms with E-state index in [1.807, 2.05) is 0 Å². The molecule has 2 heterocycles. The molecule has 2 N–H and O–H groups in total. The van der Waals surface area contributed by atoms with Crippen LogP contribution in [0.3, 0.4) is 0 Å². The lowest BCUT2D eigenvalue weighted by molar-refractivity contribution is 0.103. The standard InChI is InChI=1S/C13H21N3O2/c14-8-9-4-1-2-5-10(9)13-15-12(16-18-13)11-6-3-7-17-11/h9-11H,1-8,14H2. The summed E-state index contributed by atoms with van der Waals surface area (Å²) in [5, 5.41) is 4.09. The Morgan fingerprint density at radius 2 is 2.06 bits per heavy atom. The first kappa shape index (κ1) is 12.1. The van der Waals surface area contributed by atoms with Crippen LogP contribution in [0.2, 0.25) is 0 Å². The number of hydrogen-bond acceptors (Lipinski definition) is 5. The average Bonchev–Trinajstić information content (AvgIpc) is 3.09. The minimum Gasteiger partial charge on any atom is -0.370 e.